The molecule has 1 fully saturated rings. The number of esters is 1. The van der Waals surface area contributed by atoms with E-state index in [9.17, 15) is 4.79 Å². The number of methoxy groups -OCH3 is 1. The van der Waals surface area contributed by atoms with Gasteiger partial charge in [-0.15, -0.1) is 0 Å². The van der Waals surface area contributed by atoms with Crippen molar-refractivity contribution >= 4 is 5.97 Å². The van der Waals surface area contributed by atoms with E-state index in [1.165, 1.54) is 0 Å². The van der Waals surface area contributed by atoms with Crippen LogP contribution in [-0.2, 0) is 16.1 Å². The Morgan fingerprint density at radius 1 is 1.42 bits per heavy atom. The van der Waals surface area contributed by atoms with Crippen LogP contribution in [-0.4, -0.2) is 37.2 Å². The maximum atomic E-state index is 11.9. The molecule has 0 N–H and O–H groups in total. The summed E-state index contributed by atoms with van der Waals surface area (Å²) < 4.78 is 10.5. The summed E-state index contributed by atoms with van der Waals surface area (Å²) in [6.07, 6.45) is 1.92. The minimum atomic E-state index is -0.107. The molecule has 104 valence electrons. The molecule has 4 nitrogen and oxygen atoms in total. The van der Waals surface area contributed by atoms with Crippen LogP contribution in [0, 0.1) is 0 Å². The van der Waals surface area contributed by atoms with Crippen LogP contribution < -0.4 is 4.74 Å². The molecule has 19 heavy (non-hydrogen) atoms. The van der Waals surface area contributed by atoms with Crippen molar-refractivity contribution in [3.05, 3.63) is 29.8 Å². The topological polar surface area (TPSA) is 38.8 Å². The highest BCUT2D eigenvalue weighted by molar-refractivity contribution is 5.76. The molecule has 1 heterocycles. The first-order valence-corrected chi connectivity index (χ1v) is 6.78. The molecule has 2 rings (SSSR count). The number of nitrogens with zero attached hydrogens (tertiary/aromatic N) is 1. The Bertz CT molecular complexity index is 433. The minimum absolute atomic E-state index is 0.102. The van der Waals surface area contributed by atoms with Gasteiger partial charge in [0.1, 0.15) is 11.8 Å². The number of para-hydroxylation sites is 1. The monoisotopic (exact) mass is 263 g/mol. The van der Waals surface area contributed by atoms with E-state index < -0.39 is 0 Å². The molecule has 1 aromatic rings. The minimum Gasteiger partial charge on any atom is -0.496 e. The molecule has 0 bridgehead atoms. The lowest BCUT2D eigenvalue weighted by Gasteiger charge is -2.23. The van der Waals surface area contributed by atoms with Crippen LogP contribution >= 0.6 is 0 Å². The third kappa shape index (κ3) is 3.26. The van der Waals surface area contributed by atoms with Gasteiger partial charge in [0.2, 0.25) is 0 Å². The SMILES string of the molecule is CCOC(=O)C1CCCN1Cc1ccccc1OC. The van der Waals surface area contributed by atoms with Crippen molar-refractivity contribution in [2.45, 2.75) is 32.4 Å². The van der Waals surface area contributed by atoms with Gasteiger partial charge in [-0.3, -0.25) is 9.69 Å². The summed E-state index contributed by atoms with van der Waals surface area (Å²) in [5.41, 5.74) is 1.11. The number of hydrogen-bond acceptors (Lipinski definition) is 4. The van der Waals surface area contributed by atoms with Crippen LogP contribution in [0.25, 0.3) is 0 Å². The van der Waals surface area contributed by atoms with Crippen molar-refractivity contribution < 1.29 is 14.3 Å². The van der Waals surface area contributed by atoms with E-state index >= 15 is 0 Å². The summed E-state index contributed by atoms with van der Waals surface area (Å²) in [5, 5.41) is 0. The Morgan fingerprint density at radius 2 is 2.21 bits per heavy atom. The smallest absolute Gasteiger partial charge is 0.323 e. The van der Waals surface area contributed by atoms with Gasteiger partial charge in [0.05, 0.1) is 13.7 Å². The fraction of sp³-hybridized carbons (Fsp3) is 0.533. The van der Waals surface area contributed by atoms with Gasteiger partial charge in [-0.05, 0) is 32.4 Å². The van der Waals surface area contributed by atoms with Crippen molar-refractivity contribution in [3.63, 3.8) is 0 Å². The lowest BCUT2D eigenvalue weighted by Crippen LogP contribution is -2.36. The summed E-state index contributed by atoms with van der Waals surface area (Å²) in [7, 11) is 1.67. The zero-order chi connectivity index (χ0) is 13.7. The molecule has 1 saturated heterocycles. The zero-order valence-corrected chi connectivity index (χ0v) is 11.6. The summed E-state index contributed by atoms with van der Waals surface area (Å²) in [4.78, 5) is 14.1. The number of rotatable bonds is 5. The van der Waals surface area contributed by atoms with E-state index in [0.29, 0.717) is 6.61 Å². The lowest BCUT2D eigenvalue weighted by atomic mass is 10.1. The predicted molar refractivity (Wildman–Crippen MR) is 73.1 cm³/mol. The molecule has 1 aliphatic rings. The maximum Gasteiger partial charge on any atom is 0.323 e. The average Bonchev–Trinajstić information content (AvgIpc) is 2.88. The Balaban J connectivity index is 2.07. The molecule has 0 saturated carbocycles. The van der Waals surface area contributed by atoms with E-state index in [4.69, 9.17) is 9.47 Å². The largest absolute Gasteiger partial charge is 0.496 e. The first-order valence-electron chi connectivity index (χ1n) is 6.78. The fourth-order valence-electron chi connectivity index (χ4n) is 2.57. The van der Waals surface area contributed by atoms with Crippen molar-refractivity contribution in [2.24, 2.45) is 0 Å². The molecule has 0 amide bonds. The molecule has 0 spiro atoms. The summed E-state index contributed by atoms with van der Waals surface area (Å²) in [6, 6.07) is 7.83. The van der Waals surface area contributed by atoms with Gasteiger partial charge >= 0.3 is 5.97 Å². The first-order chi connectivity index (χ1) is 9.26. The molecular formula is C15H21NO3. The van der Waals surface area contributed by atoms with Gasteiger partial charge in [-0.2, -0.15) is 0 Å². The summed E-state index contributed by atoms with van der Waals surface area (Å²) in [5.74, 6) is 0.770. The maximum absolute atomic E-state index is 11.9. The highest BCUT2D eigenvalue weighted by atomic mass is 16.5. The van der Waals surface area contributed by atoms with Crippen molar-refractivity contribution in [1.82, 2.24) is 4.90 Å². The second kappa shape index (κ2) is 6.57. The van der Waals surface area contributed by atoms with E-state index in [-0.39, 0.29) is 12.0 Å². The van der Waals surface area contributed by atoms with E-state index in [0.717, 1.165) is 37.2 Å². The zero-order valence-electron chi connectivity index (χ0n) is 11.6. The van der Waals surface area contributed by atoms with Gasteiger partial charge in [0.25, 0.3) is 0 Å². The average molecular weight is 263 g/mol. The number of benzene rings is 1. The molecule has 1 unspecified atom stereocenters. The van der Waals surface area contributed by atoms with Crippen molar-refractivity contribution in [2.75, 3.05) is 20.3 Å². The fourth-order valence-corrected chi connectivity index (χ4v) is 2.57. The van der Waals surface area contributed by atoms with Gasteiger partial charge in [-0.1, -0.05) is 18.2 Å². The van der Waals surface area contributed by atoms with Crippen LogP contribution in [0.15, 0.2) is 24.3 Å². The standard InChI is InChI=1S/C15H21NO3/c1-3-19-15(17)13-8-6-10-16(13)11-12-7-4-5-9-14(12)18-2/h4-5,7,9,13H,3,6,8,10-11H2,1-2H3. The Morgan fingerprint density at radius 3 is 2.95 bits per heavy atom. The molecule has 0 radical (unpaired) electrons. The summed E-state index contributed by atoms with van der Waals surface area (Å²) >= 11 is 0. The van der Waals surface area contributed by atoms with Crippen LogP contribution in [0.1, 0.15) is 25.3 Å². The van der Waals surface area contributed by atoms with E-state index in [2.05, 4.69) is 4.90 Å². The van der Waals surface area contributed by atoms with Crippen LogP contribution in [0.4, 0.5) is 0 Å². The van der Waals surface area contributed by atoms with Crippen LogP contribution in [0.3, 0.4) is 0 Å². The lowest BCUT2D eigenvalue weighted by molar-refractivity contribution is -0.148. The first kappa shape index (κ1) is 13.9. The normalized spacial score (nSPS) is 19.4. The van der Waals surface area contributed by atoms with Gasteiger partial charge in [0, 0.05) is 12.1 Å². The van der Waals surface area contributed by atoms with E-state index in [1.54, 1.807) is 7.11 Å². The third-order valence-electron chi connectivity index (χ3n) is 3.49. The Labute approximate surface area is 114 Å². The van der Waals surface area contributed by atoms with Gasteiger partial charge in [0.15, 0.2) is 0 Å². The quantitative estimate of drug-likeness (QED) is 0.764. The van der Waals surface area contributed by atoms with Gasteiger partial charge in [-0.25, -0.2) is 0 Å². The Hall–Kier alpha value is -1.55. The highest BCUT2D eigenvalue weighted by Crippen LogP contribution is 2.25. The molecular weight excluding hydrogens is 242 g/mol. The molecule has 0 aliphatic carbocycles. The number of hydrogen-bond donors (Lipinski definition) is 0. The Kier molecular flexibility index (Phi) is 4.80. The predicted octanol–water partition coefficient (Wildman–Crippen LogP) is 2.22. The van der Waals surface area contributed by atoms with Crippen LogP contribution in [0.2, 0.25) is 0 Å². The molecule has 1 aliphatic heterocycles. The van der Waals surface area contributed by atoms with Crippen molar-refractivity contribution in [3.8, 4) is 5.75 Å². The number of carbonyl (C=O) groups excluding carboxylic acids is 1. The highest BCUT2D eigenvalue weighted by Gasteiger charge is 2.32. The number of carbonyl (C=O) groups is 1. The number of ether oxygens (including phenoxy) is 2. The second-order valence-electron chi connectivity index (χ2n) is 4.69. The third-order valence-corrected chi connectivity index (χ3v) is 3.49. The van der Waals surface area contributed by atoms with E-state index in [1.807, 2.05) is 31.2 Å². The molecule has 4 heteroatoms. The number of likely N-dealkylation sites (tertiary alicyclic amines) is 1. The second-order valence-corrected chi connectivity index (χ2v) is 4.69. The molecule has 0 aromatic heterocycles. The summed E-state index contributed by atoms with van der Waals surface area (Å²) in [6.45, 7) is 3.95. The molecule has 1 atom stereocenters. The van der Waals surface area contributed by atoms with Crippen molar-refractivity contribution in [1.29, 1.82) is 0 Å². The molecule has 1 aromatic carbocycles. The van der Waals surface area contributed by atoms with Crippen LogP contribution in [0.5, 0.6) is 5.75 Å². The van der Waals surface area contributed by atoms with Gasteiger partial charge < -0.3 is 9.47 Å².